The highest BCUT2D eigenvalue weighted by Crippen LogP contribution is 2.10. The van der Waals surface area contributed by atoms with E-state index in [1.54, 1.807) is 6.92 Å². The summed E-state index contributed by atoms with van der Waals surface area (Å²) in [6, 6.07) is 7.57. The van der Waals surface area contributed by atoms with Crippen molar-refractivity contribution in [3.63, 3.8) is 0 Å². The molecule has 0 saturated carbocycles. The van der Waals surface area contributed by atoms with Crippen molar-refractivity contribution in [2.24, 2.45) is 0 Å². The Balaban J connectivity index is 2.00. The molecule has 2 aromatic rings. The van der Waals surface area contributed by atoms with E-state index in [0.717, 1.165) is 11.3 Å². The van der Waals surface area contributed by atoms with E-state index < -0.39 is 0 Å². The molecule has 0 bridgehead atoms. The van der Waals surface area contributed by atoms with E-state index in [1.165, 1.54) is 0 Å². The third kappa shape index (κ3) is 4.13. The van der Waals surface area contributed by atoms with Gasteiger partial charge in [-0.15, -0.1) is 0 Å². The third-order valence-electron chi connectivity index (χ3n) is 3.19. The van der Waals surface area contributed by atoms with Crippen molar-refractivity contribution in [3.05, 3.63) is 56.2 Å². The molecule has 0 aliphatic rings. The number of carbonyl (C=O) groups is 1. The third-order valence-corrected chi connectivity index (χ3v) is 3.40. The van der Waals surface area contributed by atoms with Gasteiger partial charge in [-0.05, 0) is 44.6 Å². The zero-order chi connectivity index (χ0) is 15.4. The summed E-state index contributed by atoms with van der Waals surface area (Å²) in [5.41, 5.74) is 2.91. The Morgan fingerprint density at radius 2 is 1.86 bits per heavy atom. The molecule has 5 nitrogen and oxygen atoms in total. The largest absolute Gasteiger partial charge is 0.336 e. The summed E-state index contributed by atoms with van der Waals surface area (Å²) >= 11 is 4.89. The molecular formula is C15H17N3O2S. The maximum Gasteiger partial charge on any atom is 0.255 e. The van der Waals surface area contributed by atoms with Gasteiger partial charge in [0, 0.05) is 23.4 Å². The zero-order valence-corrected chi connectivity index (χ0v) is 12.8. The van der Waals surface area contributed by atoms with E-state index in [9.17, 15) is 9.59 Å². The highest BCUT2D eigenvalue weighted by atomic mass is 32.1. The van der Waals surface area contributed by atoms with Crippen LogP contribution < -0.4 is 10.9 Å². The summed E-state index contributed by atoms with van der Waals surface area (Å²) in [6.07, 6.45) is 0.605. The fraction of sp³-hybridized carbons (Fsp3) is 0.267. The van der Waals surface area contributed by atoms with Gasteiger partial charge in [-0.3, -0.25) is 14.6 Å². The minimum atomic E-state index is -0.237. The first kappa shape index (κ1) is 15.2. The molecular weight excluding hydrogens is 286 g/mol. The summed E-state index contributed by atoms with van der Waals surface area (Å²) in [4.78, 5) is 29.1. The van der Waals surface area contributed by atoms with E-state index in [-0.39, 0.29) is 17.9 Å². The van der Waals surface area contributed by atoms with E-state index in [4.69, 9.17) is 12.2 Å². The van der Waals surface area contributed by atoms with Gasteiger partial charge >= 0.3 is 0 Å². The van der Waals surface area contributed by atoms with Crippen molar-refractivity contribution in [2.45, 2.75) is 26.7 Å². The highest BCUT2D eigenvalue weighted by Gasteiger charge is 2.08. The van der Waals surface area contributed by atoms with Crippen molar-refractivity contribution in [1.29, 1.82) is 0 Å². The average molecular weight is 303 g/mol. The summed E-state index contributed by atoms with van der Waals surface area (Å²) in [5, 5.41) is 2.81. The Kier molecular flexibility index (Phi) is 4.70. The van der Waals surface area contributed by atoms with Crippen LogP contribution >= 0.6 is 12.2 Å². The maximum absolute atomic E-state index is 11.9. The second-order valence-corrected chi connectivity index (χ2v) is 5.33. The van der Waals surface area contributed by atoms with Gasteiger partial charge in [0.1, 0.15) is 0 Å². The SMILES string of the molecule is Cc1ccc(NC(=O)CCc2c(C)[nH]c(=S)[nH]c2=O)cc1. The smallest absolute Gasteiger partial charge is 0.255 e. The number of amides is 1. The molecule has 110 valence electrons. The lowest BCUT2D eigenvalue weighted by atomic mass is 10.1. The van der Waals surface area contributed by atoms with Gasteiger partial charge in [-0.2, -0.15) is 0 Å². The molecule has 0 saturated heterocycles. The van der Waals surface area contributed by atoms with Crippen LogP contribution in [0.3, 0.4) is 0 Å². The van der Waals surface area contributed by atoms with E-state index in [0.29, 0.717) is 22.4 Å². The number of aromatic amines is 2. The molecule has 2 rings (SSSR count). The second kappa shape index (κ2) is 6.49. The molecule has 21 heavy (non-hydrogen) atoms. The number of H-pyrrole nitrogens is 2. The number of aryl methyl sites for hydroxylation is 2. The van der Waals surface area contributed by atoms with Crippen LogP contribution in [0, 0.1) is 18.6 Å². The van der Waals surface area contributed by atoms with Crippen molar-refractivity contribution in [1.82, 2.24) is 9.97 Å². The van der Waals surface area contributed by atoms with Crippen LogP contribution in [-0.4, -0.2) is 15.9 Å². The Morgan fingerprint density at radius 3 is 2.48 bits per heavy atom. The second-order valence-electron chi connectivity index (χ2n) is 4.93. The monoisotopic (exact) mass is 303 g/mol. The summed E-state index contributed by atoms with van der Waals surface area (Å²) in [7, 11) is 0. The van der Waals surface area contributed by atoms with Crippen LogP contribution in [0.5, 0.6) is 0 Å². The molecule has 0 spiro atoms. The van der Waals surface area contributed by atoms with Crippen LogP contribution in [0.4, 0.5) is 5.69 Å². The number of hydrogen-bond donors (Lipinski definition) is 3. The van der Waals surface area contributed by atoms with Crippen LogP contribution in [0.1, 0.15) is 23.2 Å². The van der Waals surface area contributed by atoms with Crippen LogP contribution in [0.2, 0.25) is 0 Å². The molecule has 3 N–H and O–H groups in total. The first-order valence-corrected chi connectivity index (χ1v) is 7.05. The van der Waals surface area contributed by atoms with E-state index >= 15 is 0 Å². The summed E-state index contributed by atoms with van der Waals surface area (Å²) < 4.78 is 0.297. The number of benzene rings is 1. The Hall–Kier alpha value is -2.21. The normalized spacial score (nSPS) is 10.4. The average Bonchev–Trinajstić information content (AvgIpc) is 2.40. The van der Waals surface area contributed by atoms with Gasteiger partial charge < -0.3 is 10.3 Å². The van der Waals surface area contributed by atoms with Crippen LogP contribution in [0.15, 0.2) is 29.1 Å². The van der Waals surface area contributed by atoms with Gasteiger partial charge in [0.25, 0.3) is 5.56 Å². The van der Waals surface area contributed by atoms with Crippen molar-refractivity contribution in [2.75, 3.05) is 5.32 Å². The first-order chi connectivity index (χ1) is 9.95. The molecule has 0 aliphatic heterocycles. The molecule has 1 amide bonds. The Morgan fingerprint density at radius 1 is 1.19 bits per heavy atom. The standard InChI is InChI=1S/C15H17N3O2S/c1-9-3-5-11(6-4-9)17-13(19)8-7-12-10(2)16-15(21)18-14(12)20/h3-6H,7-8H2,1-2H3,(H,17,19)(H2,16,18,20,21). The molecule has 0 atom stereocenters. The highest BCUT2D eigenvalue weighted by molar-refractivity contribution is 7.71. The molecule has 1 heterocycles. The fourth-order valence-corrected chi connectivity index (χ4v) is 2.27. The Labute approximate surface area is 127 Å². The molecule has 0 radical (unpaired) electrons. The van der Waals surface area contributed by atoms with Crippen molar-refractivity contribution in [3.8, 4) is 0 Å². The van der Waals surface area contributed by atoms with E-state index in [2.05, 4.69) is 15.3 Å². The lowest BCUT2D eigenvalue weighted by molar-refractivity contribution is -0.116. The summed E-state index contributed by atoms with van der Waals surface area (Å²) in [6.45, 7) is 3.76. The number of carbonyl (C=O) groups excluding carboxylic acids is 1. The number of rotatable bonds is 4. The number of aromatic nitrogens is 2. The van der Waals surface area contributed by atoms with Crippen molar-refractivity contribution < 1.29 is 4.79 Å². The lowest BCUT2D eigenvalue weighted by Crippen LogP contribution is -2.19. The van der Waals surface area contributed by atoms with Gasteiger partial charge in [0.05, 0.1) is 0 Å². The molecule has 1 aromatic heterocycles. The molecule has 0 fully saturated rings. The lowest BCUT2D eigenvalue weighted by Gasteiger charge is -2.07. The van der Waals surface area contributed by atoms with Crippen LogP contribution in [-0.2, 0) is 11.2 Å². The molecule has 0 aliphatic carbocycles. The molecule has 1 aromatic carbocycles. The topological polar surface area (TPSA) is 77.8 Å². The zero-order valence-electron chi connectivity index (χ0n) is 11.9. The predicted molar refractivity (Wildman–Crippen MR) is 85.1 cm³/mol. The van der Waals surface area contributed by atoms with Gasteiger partial charge in [-0.25, -0.2) is 0 Å². The van der Waals surface area contributed by atoms with Crippen LogP contribution in [0.25, 0.3) is 0 Å². The number of nitrogens with one attached hydrogen (secondary N) is 3. The minimum absolute atomic E-state index is 0.125. The van der Waals surface area contributed by atoms with Gasteiger partial charge in [-0.1, -0.05) is 17.7 Å². The fourth-order valence-electron chi connectivity index (χ4n) is 2.03. The summed E-state index contributed by atoms with van der Waals surface area (Å²) in [5.74, 6) is -0.125. The number of hydrogen-bond acceptors (Lipinski definition) is 3. The molecule has 6 heteroatoms. The minimum Gasteiger partial charge on any atom is -0.336 e. The van der Waals surface area contributed by atoms with Crippen molar-refractivity contribution >= 4 is 23.8 Å². The number of anilines is 1. The van der Waals surface area contributed by atoms with Gasteiger partial charge in [0.15, 0.2) is 4.77 Å². The quantitative estimate of drug-likeness (QED) is 0.760. The van der Waals surface area contributed by atoms with E-state index in [1.807, 2.05) is 31.2 Å². The first-order valence-electron chi connectivity index (χ1n) is 6.64. The molecule has 0 unspecified atom stereocenters. The Bertz CT molecular complexity index is 760. The van der Waals surface area contributed by atoms with Gasteiger partial charge in [0.2, 0.25) is 5.91 Å². The maximum atomic E-state index is 11.9. The predicted octanol–water partition coefficient (Wildman–Crippen LogP) is 2.62.